The maximum Gasteiger partial charge on any atom is 0.337 e. The van der Waals surface area contributed by atoms with Crippen LogP contribution in [-0.2, 0) is 16.0 Å². The third-order valence-electron chi connectivity index (χ3n) is 5.37. The lowest BCUT2D eigenvalue weighted by molar-refractivity contribution is 0.0599. The molecule has 1 heterocycles. The van der Waals surface area contributed by atoms with Gasteiger partial charge in [-0.05, 0) is 47.0 Å². The number of nitrogens with one attached hydrogen (secondary N) is 1. The largest absolute Gasteiger partial charge is 0.465 e. The normalized spacial score (nSPS) is 10.5. The van der Waals surface area contributed by atoms with Gasteiger partial charge in [0.1, 0.15) is 0 Å². The van der Waals surface area contributed by atoms with E-state index in [1.165, 1.54) is 32.4 Å². The van der Waals surface area contributed by atoms with E-state index in [0.717, 1.165) is 16.7 Å². The predicted molar refractivity (Wildman–Crippen MR) is 130 cm³/mol. The van der Waals surface area contributed by atoms with Crippen LogP contribution < -0.4 is 5.32 Å². The van der Waals surface area contributed by atoms with Crippen LogP contribution in [0.15, 0.2) is 85.2 Å². The van der Waals surface area contributed by atoms with Gasteiger partial charge in [-0.2, -0.15) is 5.10 Å². The Hall–Kier alpha value is -4.72. The van der Waals surface area contributed by atoms with E-state index in [0.29, 0.717) is 12.1 Å². The number of rotatable bonds is 7. The van der Waals surface area contributed by atoms with Crippen molar-refractivity contribution < 1.29 is 23.9 Å². The molecule has 8 nitrogen and oxygen atoms in total. The molecule has 0 aliphatic heterocycles. The van der Waals surface area contributed by atoms with E-state index in [9.17, 15) is 14.4 Å². The number of hydrogen-bond donors (Lipinski definition) is 1. The average Bonchev–Trinajstić information content (AvgIpc) is 3.41. The van der Waals surface area contributed by atoms with Crippen LogP contribution in [-0.4, -0.2) is 41.8 Å². The standard InChI is InChI=1S/C27H23N3O5/c1-34-26(32)20-14-21(27(33)35-2)16-22(15-20)29-25(31)24-7-4-3-6-23(24)19-10-8-18(9-11-19)17-30-13-5-12-28-30/h3-16H,17H2,1-2H3,(H,29,31). The lowest BCUT2D eigenvalue weighted by atomic mass is 9.98. The fourth-order valence-electron chi connectivity index (χ4n) is 3.67. The molecule has 0 aliphatic rings. The monoisotopic (exact) mass is 469 g/mol. The molecule has 0 spiro atoms. The molecule has 8 heteroatoms. The van der Waals surface area contributed by atoms with Crippen molar-refractivity contribution >= 4 is 23.5 Å². The Morgan fingerprint density at radius 1 is 0.857 bits per heavy atom. The van der Waals surface area contributed by atoms with Crippen molar-refractivity contribution in [2.75, 3.05) is 19.5 Å². The molecule has 0 unspecified atom stereocenters. The first-order valence-corrected chi connectivity index (χ1v) is 10.8. The van der Waals surface area contributed by atoms with Gasteiger partial charge in [0, 0.05) is 23.6 Å². The number of esters is 2. The third-order valence-corrected chi connectivity index (χ3v) is 5.37. The van der Waals surface area contributed by atoms with Crippen LogP contribution >= 0.6 is 0 Å². The highest BCUT2D eigenvalue weighted by Gasteiger charge is 2.17. The maximum atomic E-state index is 13.2. The van der Waals surface area contributed by atoms with Gasteiger partial charge in [-0.15, -0.1) is 0 Å². The van der Waals surface area contributed by atoms with Gasteiger partial charge in [0.25, 0.3) is 5.91 Å². The number of aromatic nitrogens is 2. The summed E-state index contributed by atoms with van der Waals surface area (Å²) in [7, 11) is 2.48. The highest BCUT2D eigenvalue weighted by atomic mass is 16.5. The first-order valence-electron chi connectivity index (χ1n) is 10.8. The Bertz CT molecular complexity index is 1330. The minimum atomic E-state index is -0.637. The van der Waals surface area contributed by atoms with Gasteiger partial charge in [0.05, 0.1) is 31.9 Å². The van der Waals surface area contributed by atoms with E-state index < -0.39 is 11.9 Å². The predicted octanol–water partition coefficient (Wildman–Crippen LogP) is 4.42. The van der Waals surface area contributed by atoms with E-state index in [2.05, 4.69) is 10.4 Å². The quantitative estimate of drug-likeness (QED) is 0.402. The minimum Gasteiger partial charge on any atom is -0.465 e. The summed E-state index contributed by atoms with van der Waals surface area (Å²) in [6.45, 7) is 0.647. The van der Waals surface area contributed by atoms with Crippen molar-refractivity contribution in [3.05, 3.63) is 107 Å². The highest BCUT2D eigenvalue weighted by Crippen LogP contribution is 2.26. The second-order valence-electron chi connectivity index (χ2n) is 7.68. The van der Waals surface area contributed by atoms with Crippen LogP contribution in [0, 0.1) is 0 Å². The summed E-state index contributed by atoms with van der Waals surface area (Å²) in [5.74, 6) is -1.66. The van der Waals surface area contributed by atoms with E-state index in [1.807, 2.05) is 53.3 Å². The Morgan fingerprint density at radius 2 is 1.51 bits per heavy atom. The molecule has 4 rings (SSSR count). The lowest BCUT2D eigenvalue weighted by Crippen LogP contribution is -2.15. The summed E-state index contributed by atoms with van der Waals surface area (Å²) in [5.41, 5.74) is 3.64. The number of carbonyl (C=O) groups is 3. The molecule has 0 atom stereocenters. The van der Waals surface area contributed by atoms with Crippen molar-refractivity contribution in [2.45, 2.75) is 6.54 Å². The summed E-state index contributed by atoms with van der Waals surface area (Å²) in [5, 5.41) is 7.00. The molecule has 0 saturated carbocycles. The number of ether oxygens (including phenoxy) is 2. The zero-order valence-corrected chi connectivity index (χ0v) is 19.2. The lowest BCUT2D eigenvalue weighted by Gasteiger charge is -2.13. The van der Waals surface area contributed by atoms with Gasteiger partial charge >= 0.3 is 11.9 Å². The number of anilines is 1. The van der Waals surface area contributed by atoms with Gasteiger partial charge in [-0.1, -0.05) is 42.5 Å². The van der Waals surface area contributed by atoms with Gasteiger partial charge in [-0.3, -0.25) is 9.48 Å². The fraction of sp³-hybridized carbons (Fsp3) is 0.111. The van der Waals surface area contributed by atoms with Gasteiger partial charge in [0.2, 0.25) is 0 Å². The molecule has 35 heavy (non-hydrogen) atoms. The van der Waals surface area contributed by atoms with Crippen LogP contribution in [0.4, 0.5) is 5.69 Å². The van der Waals surface area contributed by atoms with Crippen molar-refractivity contribution in [1.82, 2.24) is 9.78 Å². The highest BCUT2D eigenvalue weighted by molar-refractivity contribution is 6.09. The Kier molecular flexibility index (Phi) is 7.02. The minimum absolute atomic E-state index is 0.117. The number of hydrogen-bond acceptors (Lipinski definition) is 6. The zero-order valence-electron chi connectivity index (χ0n) is 19.2. The van der Waals surface area contributed by atoms with E-state index in [1.54, 1.807) is 18.3 Å². The van der Waals surface area contributed by atoms with Gasteiger partial charge in [-0.25, -0.2) is 9.59 Å². The van der Waals surface area contributed by atoms with Crippen LogP contribution in [0.3, 0.4) is 0 Å². The van der Waals surface area contributed by atoms with E-state index in [-0.39, 0.29) is 22.7 Å². The Labute approximate surface area is 202 Å². The van der Waals surface area contributed by atoms with Gasteiger partial charge < -0.3 is 14.8 Å². The maximum absolute atomic E-state index is 13.2. The molecule has 0 radical (unpaired) electrons. The van der Waals surface area contributed by atoms with Crippen molar-refractivity contribution in [3.8, 4) is 11.1 Å². The summed E-state index contributed by atoms with van der Waals surface area (Å²) in [6, 6.07) is 21.2. The van der Waals surface area contributed by atoms with Crippen LogP contribution in [0.25, 0.3) is 11.1 Å². The SMILES string of the molecule is COC(=O)c1cc(NC(=O)c2ccccc2-c2ccc(Cn3cccn3)cc2)cc(C(=O)OC)c1. The third kappa shape index (κ3) is 5.44. The number of carbonyl (C=O) groups excluding carboxylic acids is 3. The summed E-state index contributed by atoms with van der Waals surface area (Å²) < 4.78 is 11.4. The molecule has 1 N–H and O–H groups in total. The zero-order chi connectivity index (χ0) is 24.8. The topological polar surface area (TPSA) is 99.5 Å². The fourth-order valence-corrected chi connectivity index (χ4v) is 3.67. The molecular weight excluding hydrogens is 446 g/mol. The first-order chi connectivity index (χ1) is 17.0. The molecule has 1 amide bonds. The molecule has 0 bridgehead atoms. The summed E-state index contributed by atoms with van der Waals surface area (Å²) >= 11 is 0. The molecular formula is C27H23N3O5. The van der Waals surface area contributed by atoms with Crippen molar-refractivity contribution in [1.29, 1.82) is 0 Å². The number of benzene rings is 3. The second-order valence-corrected chi connectivity index (χ2v) is 7.68. The number of methoxy groups -OCH3 is 2. The number of nitrogens with zero attached hydrogens (tertiary/aromatic N) is 2. The van der Waals surface area contributed by atoms with Gasteiger partial charge in [0.15, 0.2) is 0 Å². The summed E-state index contributed by atoms with van der Waals surface area (Å²) in [6.07, 6.45) is 3.63. The molecule has 4 aromatic rings. The van der Waals surface area contributed by atoms with Crippen molar-refractivity contribution in [2.24, 2.45) is 0 Å². The summed E-state index contributed by atoms with van der Waals surface area (Å²) in [4.78, 5) is 37.4. The smallest absolute Gasteiger partial charge is 0.337 e. The van der Waals surface area contributed by atoms with Crippen molar-refractivity contribution in [3.63, 3.8) is 0 Å². The average molecular weight is 469 g/mol. The molecule has 3 aromatic carbocycles. The second kappa shape index (κ2) is 10.5. The molecule has 176 valence electrons. The molecule has 0 saturated heterocycles. The van der Waals surface area contributed by atoms with Crippen LogP contribution in [0.1, 0.15) is 36.6 Å². The molecule has 0 fully saturated rings. The Balaban J connectivity index is 1.61. The number of amides is 1. The van der Waals surface area contributed by atoms with E-state index in [4.69, 9.17) is 9.47 Å². The molecule has 0 aliphatic carbocycles. The molecule has 1 aromatic heterocycles. The first kappa shape index (κ1) is 23.4. The Morgan fingerprint density at radius 3 is 2.11 bits per heavy atom. The van der Waals surface area contributed by atoms with Crippen LogP contribution in [0.2, 0.25) is 0 Å². The van der Waals surface area contributed by atoms with E-state index >= 15 is 0 Å². The van der Waals surface area contributed by atoms with Crippen LogP contribution in [0.5, 0.6) is 0 Å².